The molecule has 1 aliphatic heterocycles. The molecule has 4 aliphatic carbocycles. The molecule has 4 nitrogen and oxygen atoms in total. The number of piperidine rings is 1. The summed E-state index contributed by atoms with van der Waals surface area (Å²) in [5, 5.41) is 4.35. The summed E-state index contributed by atoms with van der Waals surface area (Å²) in [6, 6.07) is 0. The Balaban J connectivity index is 1.20. The van der Waals surface area contributed by atoms with Gasteiger partial charge < -0.3 is 9.47 Å². The van der Waals surface area contributed by atoms with Crippen molar-refractivity contribution in [2.45, 2.75) is 130 Å². The van der Waals surface area contributed by atoms with Crippen molar-refractivity contribution in [3.8, 4) is 0 Å². The Morgan fingerprint density at radius 3 is 2.46 bits per heavy atom. The van der Waals surface area contributed by atoms with Gasteiger partial charge in [0.05, 0.1) is 0 Å². The largest absolute Gasteiger partial charge is 0.508 e. The molecule has 4 heteroatoms. The highest BCUT2D eigenvalue weighted by molar-refractivity contribution is 5.60. The number of ether oxygens (including phenoxy) is 2. The minimum absolute atomic E-state index is 0.0155. The second-order valence-corrected chi connectivity index (χ2v) is 14.5. The minimum Gasteiger partial charge on any atom is -0.431 e. The fourth-order valence-electron chi connectivity index (χ4n) is 9.90. The van der Waals surface area contributed by atoms with Gasteiger partial charge in [0.2, 0.25) is 0 Å². The van der Waals surface area contributed by atoms with Crippen molar-refractivity contribution in [3.63, 3.8) is 0 Å². The zero-order valence-corrected chi connectivity index (χ0v) is 24.5. The highest BCUT2D eigenvalue weighted by Crippen LogP contribution is 2.67. The van der Waals surface area contributed by atoms with Gasteiger partial charge in [-0.2, -0.15) is 0 Å². The third-order valence-electron chi connectivity index (χ3n) is 12.0. The fourth-order valence-corrected chi connectivity index (χ4v) is 9.90. The molecular formula is C33H54NO3. The van der Waals surface area contributed by atoms with Crippen LogP contribution in [-0.2, 0) is 9.47 Å². The van der Waals surface area contributed by atoms with E-state index in [4.69, 9.17) is 9.47 Å². The normalized spacial score (nSPS) is 40.8. The molecule has 0 bridgehead atoms. The molecular weight excluding hydrogens is 458 g/mol. The molecule has 3 saturated carbocycles. The van der Waals surface area contributed by atoms with E-state index in [0.29, 0.717) is 10.8 Å². The number of fused-ring (bicyclic) bond motifs is 5. The second-order valence-electron chi connectivity index (χ2n) is 14.5. The second kappa shape index (κ2) is 11.2. The molecule has 1 radical (unpaired) electrons. The van der Waals surface area contributed by atoms with E-state index in [1.165, 1.54) is 51.4 Å². The van der Waals surface area contributed by atoms with E-state index in [1.807, 2.05) is 0 Å². The summed E-state index contributed by atoms with van der Waals surface area (Å²) in [7, 11) is 0. The van der Waals surface area contributed by atoms with Crippen molar-refractivity contribution in [1.29, 1.82) is 0 Å². The van der Waals surface area contributed by atoms with Gasteiger partial charge in [-0.15, -0.1) is 0 Å². The van der Waals surface area contributed by atoms with Gasteiger partial charge >= 0.3 is 6.16 Å². The maximum atomic E-state index is 12.5. The van der Waals surface area contributed by atoms with Gasteiger partial charge in [0.25, 0.3) is 0 Å². The summed E-state index contributed by atoms with van der Waals surface area (Å²) >= 11 is 0. The molecule has 0 amide bonds. The summed E-state index contributed by atoms with van der Waals surface area (Å²) in [4.78, 5) is 12.5. The summed E-state index contributed by atoms with van der Waals surface area (Å²) in [6.45, 7) is 14.1. The molecule has 0 aromatic heterocycles. The van der Waals surface area contributed by atoms with Crippen LogP contribution in [0.15, 0.2) is 11.6 Å². The SMILES string of the molecule is CC(C)CCCC(C)C1CCC2C3CC=C4CC(OC(=O)OC5CC[N]CC5)CCC4(C)C3CCC12C. The first-order valence-corrected chi connectivity index (χ1v) is 15.9. The van der Waals surface area contributed by atoms with Crippen LogP contribution in [0.2, 0.25) is 0 Å². The van der Waals surface area contributed by atoms with Crippen molar-refractivity contribution in [3.05, 3.63) is 11.6 Å². The molecule has 1 heterocycles. The van der Waals surface area contributed by atoms with Crippen molar-refractivity contribution in [1.82, 2.24) is 5.32 Å². The summed E-state index contributed by atoms with van der Waals surface area (Å²) in [5.41, 5.74) is 2.41. The van der Waals surface area contributed by atoms with Gasteiger partial charge in [-0.25, -0.2) is 10.1 Å². The Morgan fingerprint density at radius 1 is 0.946 bits per heavy atom. The standard InChI is InChI=1S/C33H54NO3/c1-22(2)7-6-8-23(3)28-11-12-29-27-10-9-24-21-26(37-31(35)36-25-15-19-34-20-16-25)13-17-32(24,4)30(27)14-18-33(28,29)5/h9,22-23,25-30H,6-8,10-21H2,1-5H3. The van der Waals surface area contributed by atoms with Gasteiger partial charge in [-0.3, -0.25) is 0 Å². The van der Waals surface area contributed by atoms with E-state index in [-0.39, 0.29) is 12.2 Å². The van der Waals surface area contributed by atoms with Crippen LogP contribution < -0.4 is 5.32 Å². The quantitative estimate of drug-likeness (QED) is 0.254. The summed E-state index contributed by atoms with van der Waals surface area (Å²) in [6.07, 6.45) is 18.0. The molecule has 1 saturated heterocycles. The average molecular weight is 513 g/mol. The van der Waals surface area contributed by atoms with Gasteiger partial charge in [0.1, 0.15) is 12.2 Å². The lowest BCUT2D eigenvalue weighted by atomic mass is 9.47. The van der Waals surface area contributed by atoms with E-state index in [0.717, 1.165) is 80.7 Å². The number of carbonyl (C=O) groups excluding carboxylic acids is 1. The van der Waals surface area contributed by atoms with Crippen LogP contribution in [-0.4, -0.2) is 31.5 Å². The number of allylic oxidation sites excluding steroid dienone is 1. The summed E-state index contributed by atoms with van der Waals surface area (Å²) < 4.78 is 11.5. The molecule has 5 aliphatic rings. The fraction of sp³-hybridized carbons (Fsp3) is 0.909. The monoisotopic (exact) mass is 512 g/mol. The Morgan fingerprint density at radius 2 is 1.70 bits per heavy atom. The maximum absolute atomic E-state index is 12.5. The predicted octanol–water partition coefficient (Wildman–Crippen LogP) is 8.32. The smallest absolute Gasteiger partial charge is 0.431 e. The number of hydrogen-bond donors (Lipinski definition) is 0. The molecule has 5 rings (SSSR count). The van der Waals surface area contributed by atoms with Crippen LogP contribution in [0.5, 0.6) is 0 Å². The van der Waals surface area contributed by atoms with Crippen molar-refractivity contribution in [2.24, 2.45) is 46.3 Å². The predicted molar refractivity (Wildman–Crippen MR) is 149 cm³/mol. The molecule has 0 aromatic rings. The van der Waals surface area contributed by atoms with Crippen molar-refractivity contribution >= 4 is 6.16 Å². The Kier molecular flexibility index (Phi) is 8.35. The third-order valence-corrected chi connectivity index (χ3v) is 12.0. The van der Waals surface area contributed by atoms with Gasteiger partial charge in [-0.05, 0) is 104 Å². The average Bonchev–Trinajstić information content (AvgIpc) is 3.22. The first-order chi connectivity index (χ1) is 17.7. The molecule has 209 valence electrons. The van der Waals surface area contributed by atoms with Crippen LogP contribution >= 0.6 is 0 Å². The van der Waals surface area contributed by atoms with Crippen LogP contribution in [0.3, 0.4) is 0 Å². The van der Waals surface area contributed by atoms with Gasteiger partial charge in [0.15, 0.2) is 0 Å². The van der Waals surface area contributed by atoms with E-state index in [1.54, 1.807) is 5.57 Å². The zero-order valence-electron chi connectivity index (χ0n) is 24.5. The summed E-state index contributed by atoms with van der Waals surface area (Å²) in [5.74, 6) is 5.16. The van der Waals surface area contributed by atoms with Crippen LogP contribution in [0.1, 0.15) is 118 Å². The Hall–Kier alpha value is -1.03. The minimum atomic E-state index is -0.456. The van der Waals surface area contributed by atoms with Crippen molar-refractivity contribution in [2.75, 3.05) is 13.1 Å². The molecule has 8 unspecified atom stereocenters. The van der Waals surface area contributed by atoms with E-state index < -0.39 is 6.16 Å². The first-order valence-electron chi connectivity index (χ1n) is 15.9. The number of rotatable bonds is 7. The molecule has 8 atom stereocenters. The van der Waals surface area contributed by atoms with Crippen LogP contribution in [0, 0.1) is 46.3 Å². The lowest BCUT2D eigenvalue weighted by Gasteiger charge is -2.58. The van der Waals surface area contributed by atoms with Crippen LogP contribution in [0.25, 0.3) is 0 Å². The maximum Gasteiger partial charge on any atom is 0.508 e. The van der Waals surface area contributed by atoms with Crippen LogP contribution in [0.4, 0.5) is 4.79 Å². The van der Waals surface area contributed by atoms with Gasteiger partial charge in [-0.1, -0.05) is 65.5 Å². The Bertz CT molecular complexity index is 831. The molecule has 0 N–H and O–H groups in total. The number of nitrogens with zero attached hydrogens (tertiary/aromatic N) is 1. The number of carbonyl (C=O) groups is 1. The lowest BCUT2D eigenvalue weighted by Crippen LogP contribution is -2.51. The number of hydrogen-bond acceptors (Lipinski definition) is 3. The molecule has 0 aromatic carbocycles. The molecule has 4 fully saturated rings. The molecule has 0 spiro atoms. The van der Waals surface area contributed by atoms with E-state index in [9.17, 15) is 4.79 Å². The first kappa shape index (κ1) is 27.5. The van der Waals surface area contributed by atoms with E-state index >= 15 is 0 Å². The highest BCUT2D eigenvalue weighted by atomic mass is 16.7. The highest BCUT2D eigenvalue weighted by Gasteiger charge is 2.59. The zero-order chi connectivity index (χ0) is 26.2. The third kappa shape index (κ3) is 5.52. The lowest BCUT2D eigenvalue weighted by molar-refractivity contribution is -0.0645. The van der Waals surface area contributed by atoms with Gasteiger partial charge in [0, 0.05) is 19.5 Å². The van der Waals surface area contributed by atoms with Crippen molar-refractivity contribution < 1.29 is 14.3 Å². The topological polar surface area (TPSA) is 49.6 Å². The molecule has 37 heavy (non-hydrogen) atoms. The van der Waals surface area contributed by atoms with E-state index in [2.05, 4.69) is 46.0 Å². The Labute approximate surface area is 227 Å².